The fraction of sp³-hybridized carbons (Fsp3) is 0.333. The molecule has 0 amide bonds. The van der Waals surface area contributed by atoms with E-state index in [1.165, 1.54) is 0 Å². The van der Waals surface area contributed by atoms with E-state index >= 15 is 0 Å². The molecular weight excluding hydrogens is 332 g/mol. The van der Waals surface area contributed by atoms with Gasteiger partial charge in [-0.25, -0.2) is 0 Å². The van der Waals surface area contributed by atoms with Gasteiger partial charge in [0.2, 0.25) is 0 Å². The summed E-state index contributed by atoms with van der Waals surface area (Å²) in [5, 5.41) is 6.93. The largest absolute Gasteiger partial charge is 0.493 e. The molecule has 0 fully saturated rings. The minimum absolute atomic E-state index is 0.453. The molecule has 0 unspecified atom stereocenters. The van der Waals surface area contributed by atoms with E-state index in [1.54, 1.807) is 20.3 Å². The number of hydrogen-bond acceptors (Lipinski definition) is 4. The molecule has 4 N–H and O–H groups in total. The lowest BCUT2D eigenvalue weighted by atomic mass is 10.1. The molecule has 8 heteroatoms. The number of hydrazine groups is 1. The van der Waals surface area contributed by atoms with E-state index in [0.29, 0.717) is 34.8 Å². The summed E-state index contributed by atoms with van der Waals surface area (Å²) in [6.45, 7) is 4.86. The van der Waals surface area contributed by atoms with Gasteiger partial charge in [0.05, 0.1) is 14.2 Å². The molecule has 0 aliphatic heterocycles. The van der Waals surface area contributed by atoms with E-state index in [4.69, 9.17) is 33.9 Å². The van der Waals surface area contributed by atoms with Gasteiger partial charge in [-0.15, -0.1) is 6.58 Å². The third-order valence-electron chi connectivity index (χ3n) is 2.84. The number of rotatable bonds is 7. The minimum atomic E-state index is 0.453. The van der Waals surface area contributed by atoms with Crippen LogP contribution in [0.15, 0.2) is 30.9 Å². The van der Waals surface area contributed by atoms with Crippen LogP contribution >= 0.6 is 24.4 Å². The normalized spacial score (nSPS) is 9.48. The second-order valence-electron chi connectivity index (χ2n) is 4.44. The van der Waals surface area contributed by atoms with Crippen molar-refractivity contribution in [2.45, 2.75) is 6.42 Å². The molecule has 0 spiro atoms. The molecule has 0 saturated heterocycles. The van der Waals surface area contributed by atoms with E-state index in [2.05, 4.69) is 28.1 Å². The van der Waals surface area contributed by atoms with Crippen molar-refractivity contribution in [3.05, 3.63) is 36.4 Å². The zero-order chi connectivity index (χ0) is 17.1. The monoisotopic (exact) mass is 354 g/mol. The highest BCUT2D eigenvalue weighted by molar-refractivity contribution is 7.80. The minimum Gasteiger partial charge on any atom is -0.493 e. The van der Waals surface area contributed by atoms with Gasteiger partial charge in [-0.1, -0.05) is 12.1 Å². The van der Waals surface area contributed by atoms with Crippen LogP contribution in [0.3, 0.4) is 0 Å². The Kier molecular flexibility index (Phi) is 8.78. The third-order valence-corrected chi connectivity index (χ3v) is 3.34. The zero-order valence-corrected chi connectivity index (χ0v) is 14.9. The number of hydrogen-bond donors (Lipinski definition) is 4. The van der Waals surface area contributed by atoms with Gasteiger partial charge in [-0.05, 0) is 48.6 Å². The summed E-state index contributed by atoms with van der Waals surface area (Å²) in [5.74, 6) is 1.43. The highest BCUT2D eigenvalue weighted by atomic mass is 32.1. The number of benzene rings is 1. The topological polar surface area (TPSA) is 66.6 Å². The smallest absolute Gasteiger partial charge is 0.185 e. The van der Waals surface area contributed by atoms with Crippen molar-refractivity contribution < 1.29 is 9.47 Å². The third kappa shape index (κ3) is 7.16. The molecule has 23 heavy (non-hydrogen) atoms. The van der Waals surface area contributed by atoms with Gasteiger partial charge in [0, 0.05) is 13.1 Å². The molecule has 0 heterocycles. The SMILES string of the molecule is C=CCNC(=S)NNC(=S)NCCc1ccc(OC)c(OC)c1. The summed E-state index contributed by atoms with van der Waals surface area (Å²) in [4.78, 5) is 0. The van der Waals surface area contributed by atoms with Crippen molar-refractivity contribution in [1.29, 1.82) is 0 Å². The summed E-state index contributed by atoms with van der Waals surface area (Å²) in [7, 11) is 3.23. The number of ether oxygens (including phenoxy) is 2. The van der Waals surface area contributed by atoms with Crippen LogP contribution in [-0.4, -0.2) is 37.5 Å². The first-order valence-corrected chi connectivity index (χ1v) is 7.81. The average Bonchev–Trinajstić information content (AvgIpc) is 2.57. The van der Waals surface area contributed by atoms with E-state index in [-0.39, 0.29) is 0 Å². The fourth-order valence-corrected chi connectivity index (χ4v) is 2.01. The van der Waals surface area contributed by atoms with Crippen molar-refractivity contribution in [1.82, 2.24) is 21.5 Å². The van der Waals surface area contributed by atoms with Crippen LogP contribution in [0.1, 0.15) is 5.56 Å². The van der Waals surface area contributed by atoms with Crippen LogP contribution in [0.4, 0.5) is 0 Å². The maximum absolute atomic E-state index is 5.28. The molecule has 1 aromatic carbocycles. The second-order valence-corrected chi connectivity index (χ2v) is 5.26. The first-order valence-electron chi connectivity index (χ1n) is 7.00. The van der Waals surface area contributed by atoms with E-state index in [1.807, 2.05) is 18.2 Å². The van der Waals surface area contributed by atoms with Crippen LogP contribution in [0.5, 0.6) is 11.5 Å². The van der Waals surface area contributed by atoms with Gasteiger partial charge in [0.15, 0.2) is 21.7 Å². The van der Waals surface area contributed by atoms with Gasteiger partial charge in [0.25, 0.3) is 0 Å². The van der Waals surface area contributed by atoms with E-state index in [0.717, 1.165) is 12.0 Å². The first kappa shape index (κ1) is 19.0. The Morgan fingerprint density at radius 2 is 1.74 bits per heavy atom. The summed E-state index contributed by atoms with van der Waals surface area (Å²) in [6.07, 6.45) is 2.51. The maximum Gasteiger partial charge on any atom is 0.185 e. The highest BCUT2D eigenvalue weighted by Gasteiger charge is 2.04. The molecule has 0 aromatic heterocycles. The highest BCUT2D eigenvalue weighted by Crippen LogP contribution is 2.27. The molecular formula is C15H22N4O2S2. The summed E-state index contributed by atoms with van der Waals surface area (Å²) >= 11 is 10.2. The van der Waals surface area contributed by atoms with Crippen LogP contribution in [0.2, 0.25) is 0 Å². The summed E-state index contributed by atoms with van der Waals surface area (Å²) in [5.41, 5.74) is 6.71. The standard InChI is InChI=1S/C15H22N4O2S2/c1-4-8-16-14(22)18-19-15(23)17-9-7-11-5-6-12(20-2)13(10-11)21-3/h4-6,10H,1,7-9H2,2-3H3,(H2,16,18,22)(H2,17,19,23). The van der Waals surface area contributed by atoms with Crippen molar-refractivity contribution in [3.63, 3.8) is 0 Å². The predicted molar refractivity (Wildman–Crippen MR) is 101 cm³/mol. The van der Waals surface area contributed by atoms with Gasteiger partial charge in [-0.3, -0.25) is 10.9 Å². The number of thiocarbonyl (C=S) groups is 2. The first-order chi connectivity index (χ1) is 11.1. The van der Waals surface area contributed by atoms with Gasteiger partial charge in [0.1, 0.15) is 0 Å². The Morgan fingerprint density at radius 3 is 2.35 bits per heavy atom. The lowest BCUT2D eigenvalue weighted by molar-refractivity contribution is 0.354. The Morgan fingerprint density at radius 1 is 1.09 bits per heavy atom. The Labute approximate surface area is 147 Å². The molecule has 0 aliphatic rings. The molecule has 0 bridgehead atoms. The maximum atomic E-state index is 5.28. The zero-order valence-electron chi connectivity index (χ0n) is 13.3. The van der Waals surface area contributed by atoms with Crippen molar-refractivity contribution in [2.24, 2.45) is 0 Å². The van der Waals surface area contributed by atoms with E-state index < -0.39 is 0 Å². The lowest BCUT2D eigenvalue weighted by Gasteiger charge is -2.14. The van der Waals surface area contributed by atoms with Crippen molar-refractivity contribution in [2.75, 3.05) is 27.3 Å². The molecule has 1 rings (SSSR count). The van der Waals surface area contributed by atoms with Crippen molar-refractivity contribution in [3.8, 4) is 11.5 Å². The number of nitrogens with one attached hydrogen (secondary N) is 4. The Balaban J connectivity index is 2.32. The Hall–Kier alpha value is -2.06. The molecule has 0 saturated carbocycles. The predicted octanol–water partition coefficient (Wildman–Crippen LogP) is 1.28. The van der Waals surface area contributed by atoms with E-state index in [9.17, 15) is 0 Å². The molecule has 6 nitrogen and oxygen atoms in total. The summed E-state index contributed by atoms with van der Waals surface area (Å²) < 4.78 is 10.5. The average molecular weight is 355 g/mol. The molecule has 0 aliphatic carbocycles. The lowest BCUT2D eigenvalue weighted by Crippen LogP contribution is -2.50. The van der Waals surface area contributed by atoms with Gasteiger partial charge >= 0.3 is 0 Å². The van der Waals surface area contributed by atoms with Crippen LogP contribution < -0.4 is 31.0 Å². The fourth-order valence-electron chi connectivity index (χ4n) is 1.72. The second kappa shape index (κ2) is 10.6. The van der Waals surface area contributed by atoms with Crippen LogP contribution in [0.25, 0.3) is 0 Å². The van der Waals surface area contributed by atoms with Crippen LogP contribution in [0, 0.1) is 0 Å². The molecule has 0 atom stereocenters. The van der Waals surface area contributed by atoms with Gasteiger partial charge < -0.3 is 20.1 Å². The summed E-state index contributed by atoms with van der Waals surface area (Å²) in [6, 6.07) is 5.83. The molecule has 126 valence electrons. The quantitative estimate of drug-likeness (QED) is 0.332. The Bertz CT molecular complexity index is 552. The van der Waals surface area contributed by atoms with Crippen molar-refractivity contribution >= 4 is 34.7 Å². The van der Waals surface area contributed by atoms with Gasteiger partial charge in [-0.2, -0.15) is 0 Å². The van der Waals surface area contributed by atoms with Crippen LogP contribution in [-0.2, 0) is 6.42 Å². The molecule has 0 radical (unpaired) electrons. The number of methoxy groups -OCH3 is 2. The molecule has 1 aromatic rings.